The second kappa shape index (κ2) is 10.2. The average Bonchev–Trinajstić information content (AvgIpc) is 2.77. The highest BCUT2D eigenvalue weighted by Gasteiger charge is 2.53. The minimum absolute atomic E-state index is 0.0323. The fraction of sp³-hybridized carbons (Fsp3) is 0.480. The Morgan fingerprint density at radius 2 is 1.35 bits per heavy atom. The fourth-order valence-electron chi connectivity index (χ4n) is 4.54. The molecular weight excluding hydrogens is 394 g/mol. The van der Waals surface area contributed by atoms with E-state index in [2.05, 4.69) is 0 Å². The van der Waals surface area contributed by atoms with E-state index >= 15 is 0 Å². The molecule has 31 heavy (non-hydrogen) atoms. The van der Waals surface area contributed by atoms with Crippen LogP contribution in [-0.2, 0) is 17.6 Å². The fourth-order valence-corrected chi connectivity index (χ4v) is 4.54. The van der Waals surface area contributed by atoms with Crippen molar-refractivity contribution in [3.63, 3.8) is 0 Å². The van der Waals surface area contributed by atoms with E-state index in [1.54, 1.807) is 21.1 Å². The molecule has 4 atom stereocenters. The third-order valence-corrected chi connectivity index (χ3v) is 6.27. The lowest BCUT2D eigenvalue weighted by Crippen LogP contribution is -2.70. The molecule has 1 fully saturated rings. The number of likely N-dealkylation sites (tertiary alicyclic amines) is 1. The van der Waals surface area contributed by atoms with Crippen molar-refractivity contribution in [1.82, 2.24) is 4.90 Å². The van der Waals surface area contributed by atoms with Gasteiger partial charge in [-0.15, -0.1) is 0 Å². The lowest BCUT2D eigenvalue weighted by atomic mass is 9.74. The van der Waals surface area contributed by atoms with Crippen LogP contribution in [-0.4, -0.2) is 60.0 Å². The summed E-state index contributed by atoms with van der Waals surface area (Å²) in [5.41, 5.74) is 2.20. The third-order valence-electron chi connectivity index (χ3n) is 6.27. The summed E-state index contributed by atoms with van der Waals surface area (Å²) in [6.45, 7) is 3.55. The molecule has 0 saturated carbocycles. The van der Waals surface area contributed by atoms with Gasteiger partial charge >= 0.3 is 0 Å². The molecule has 1 amide bonds. The molecule has 0 radical (unpaired) electrons. The molecule has 1 aliphatic rings. The van der Waals surface area contributed by atoms with Crippen LogP contribution >= 0.6 is 0 Å². The summed E-state index contributed by atoms with van der Waals surface area (Å²) in [5.74, 6) is 0.933. The monoisotopic (exact) mass is 427 g/mol. The van der Waals surface area contributed by atoms with Crippen molar-refractivity contribution in [2.45, 2.75) is 44.9 Å². The average molecular weight is 428 g/mol. The van der Waals surface area contributed by atoms with Gasteiger partial charge in [-0.3, -0.25) is 4.79 Å². The number of methoxy groups -OCH3 is 2. The number of β-lactam (4-membered cyclic amide) rings is 1. The van der Waals surface area contributed by atoms with Crippen LogP contribution in [0.3, 0.4) is 0 Å². The van der Waals surface area contributed by atoms with Crippen LogP contribution < -0.4 is 9.47 Å². The first-order valence-electron chi connectivity index (χ1n) is 10.8. The summed E-state index contributed by atoms with van der Waals surface area (Å²) < 4.78 is 10.5. The Bertz CT molecular complexity index is 800. The minimum Gasteiger partial charge on any atom is -0.497 e. The van der Waals surface area contributed by atoms with E-state index in [0.29, 0.717) is 12.8 Å². The number of amides is 1. The molecule has 4 unspecified atom stereocenters. The van der Waals surface area contributed by atoms with Gasteiger partial charge < -0.3 is 24.6 Å². The van der Waals surface area contributed by atoms with E-state index in [4.69, 9.17) is 9.47 Å². The van der Waals surface area contributed by atoms with Crippen molar-refractivity contribution in [1.29, 1.82) is 0 Å². The molecule has 2 aromatic carbocycles. The zero-order chi connectivity index (χ0) is 22.5. The number of nitrogens with zero attached hydrogens (tertiary/aromatic N) is 1. The van der Waals surface area contributed by atoms with Crippen LogP contribution in [0.15, 0.2) is 48.5 Å². The van der Waals surface area contributed by atoms with E-state index in [1.165, 1.54) is 0 Å². The zero-order valence-electron chi connectivity index (χ0n) is 18.7. The highest BCUT2D eigenvalue weighted by atomic mass is 16.5. The molecule has 168 valence electrons. The first-order chi connectivity index (χ1) is 14.9. The van der Waals surface area contributed by atoms with Gasteiger partial charge in [0, 0.05) is 18.6 Å². The highest BCUT2D eigenvalue weighted by Crippen LogP contribution is 2.38. The molecule has 1 saturated heterocycles. The van der Waals surface area contributed by atoms with E-state index in [1.807, 2.05) is 60.4 Å². The van der Waals surface area contributed by atoms with Crippen molar-refractivity contribution in [3.8, 4) is 11.5 Å². The van der Waals surface area contributed by atoms with Crippen LogP contribution in [0.4, 0.5) is 0 Å². The summed E-state index contributed by atoms with van der Waals surface area (Å²) in [5, 5.41) is 20.0. The van der Waals surface area contributed by atoms with Gasteiger partial charge in [0.05, 0.1) is 32.3 Å². The topological polar surface area (TPSA) is 79.2 Å². The normalized spacial score (nSPS) is 20.4. The number of benzene rings is 2. The van der Waals surface area contributed by atoms with E-state index in [9.17, 15) is 15.0 Å². The predicted octanol–water partition coefficient (Wildman–Crippen LogP) is 2.69. The van der Waals surface area contributed by atoms with Crippen LogP contribution in [0.2, 0.25) is 0 Å². The van der Waals surface area contributed by atoms with Gasteiger partial charge in [-0.2, -0.15) is 0 Å². The first-order valence-corrected chi connectivity index (χ1v) is 10.8. The number of carbonyl (C=O) groups excluding carboxylic acids is 1. The van der Waals surface area contributed by atoms with Crippen LogP contribution in [0.1, 0.15) is 25.0 Å². The van der Waals surface area contributed by atoms with Gasteiger partial charge in [-0.25, -0.2) is 0 Å². The van der Waals surface area contributed by atoms with Crippen LogP contribution in [0.25, 0.3) is 0 Å². The first kappa shape index (κ1) is 23.1. The molecule has 0 bridgehead atoms. The second-order valence-corrected chi connectivity index (χ2v) is 8.42. The third kappa shape index (κ3) is 5.02. The largest absolute Gasteiger partial charge is 0.497 e. The maximum Gasteiger partial charge on any atom is 0.230 e. The Balaban J connectivity index is 1.90. The van der Waals surface area contributed by atoms with Gasteiger partial charge in [0.25, 0.3) is 0 Å². The molecule has 1 heterocycles. The number of aliphatic hydroxyl groups excluding tert-OH is 2. The molecule has 2 aromatic rings. The van der Waals surface area contributed by atoms with Gasteiger partial charge in [0.2, 0.25) is 5.91 Å². The number of carbonyl (C=O) groups is 1. The lowest BCUT2D eigenvalue weighted by molar-refractivity contribution is -0.175. The second-order valence-electron chi connectivity index (χ2n) is 8.42. The Hall–Kier alpha value is -2.57. The quantitative estimate of drug-likeness (QED) is 0.570. The van der Waals surface area contributed by atoms with Crippen molar-refractivity contribution >= 4 is 5.91 Å². The zero-order valence-corrected chi connectivity index (χ0v) is 18.7. The minimum atomic E-state index is -0.745. The van der Waals surface area contributed by atoms with E-state index in [-0.39, 0.29) is 30.5 Å². The van der Waals surface area contributed by atoms with E-state index < -0.39 is 12.0 Å². The highest BCUT2D eigenvalue weighted by molar-refractivity contribution is 5.87. The number of aliphatic hydroxyl groups is 2. The van der Waals surface area contributed by atoms with Gasteiger partial charge in [-0.05, 0) is 55.2 Å². The lowest BCUT2D eigenvalue weighted by Gasteiger charge is -2.54. The summed E-state index contributed by atoms with van der Waals surface area (Å²) >= 11 is 0. The van der Waals surface area contributed by atoms with Crippen molar-refractivity contribution in [2.75, 3.05) is 20.8 Å². The molecule has 1 aliphatic heterocycles. The Morgan fingerprint density at radius 3 is 1.71 bits per heavy atom. The van der Waals surface area contributed by atoms with Crippen molar-refractivity contribution in [2.24, 2.45) is 11.8 Å². The molecular formula is C25H33NO5. The maximum atomic E-state index is 13.1. The van der Waals surface area contributed by atoms with Crippen molar-refractivity contribution < 1.29 is 24.5 Å². The van der Waals surface area contributed by atoms with E-state index in [0.717, 1.165) is 22.6 Å². The van der Waals surface area contributed by atoms with Gasteiger partial charge in [-0.1, -0.05) is 31.2 Å². The number of hydrogen-bond donors (Lipinski definition) is 2. The summed E-state index contributed by atoms with van der Waals surface area (Å²) in [6.07, 6.45) is 0.594. The SMILES string of the molecule is COc1ccc(CC(Cc2ccc(OC)cc2)N2C(=O)C(C(C)O)C2C(C)CO)cc1. The van der Waals surface area contributed by atoms with Gasteiger partial charge in [0.1, 0.15) is 11.5 Å². The summed E-state index contributed by atoms with van der Waals surface area (Å²) in [4.78, 5) is 15.0. The number of rotatable bonds is 10. The molecule has 2 N–H and O–H groups in total. The van der Waals surface area contributed by atoms with Crippen LogP contribution in [0.5, 0.6) is 11.5 Å². The predicted molar refractivity (Wildman–Crippen MR) is 119 cm³/mol. The number of ether oxygens (including phenoxy) is 2. The van der Waals surface area contributed by atoms with Gasteiger partial charge in [0.15, 0.2) is 0 Å². The number of hydrogen-bond acceptors (Lipinski definition) is 5. The molecule has 6 heteroatoms. The molecule has 3 rings (SSSR count). The standard InChI is InChI=1S/C25H33NO5/c1-16(15-27)24-23(17(2)28)25(29)26(24)20(13-18-5-9-21(30-3)10-6-18)14-19-7-11-22(31-4)12-8-19/h5-12,16-17,20,23-24,27-28H,13-15H2,1-4H3. The Kier molecular flexibility index (Phi) is 7.57. The summed E-state index contributed by atoms with van der Waals surface area (Å²) in [6, 6.07) is 15.5. The van der Waals surface area contributed by atoms with Crippen LogP contribution in [0, 0.1) is 11.8 Å². The smallest absolute Gasteiger partial charge is 0.230 e. The van der Waals surface area contributed by atoms with Crippen molar-refractivity contribution in [3.05, 3.63) is 59.7 Å². The Labute approximate surface area is 184 Å². The summed E-state index contributed by atoms with van der Waals surface area (Å²) in [7, 11) is 3.27. The molecule has 0 spiro atoms. The molecule has 6 nitrogen and oxygen atoms in total. The Morgan fingerprint density at radius 1 is 0.903 bits per heavy atom. The maximum absolute atomic E-state index is 13.1. The molecule has 0 aromatic heterocycles. The molecule has 0 aliphatic carbocycles.